The Bertz CT molecular complexity index is 1030. The average molecular weight is 396 g/mol. The molecule has 2 aromatic carbocycles. The number of anilines is 1. The lowest BCUT2D eigenvalue weighted by Gasteiger charge is -2.20. The van der Waals surface area contributed by atoms with Crippen molar-refractivity contribution in [1.82, 2.24) is 4.90 Å². The molecule has 1 aliphatic rings. The normalized spacial score (nSPS) is 13.9. The van der Waals surface area contributed by atoms with Gasteiger partial charge in [0.25, 0.3) is 17.7 Å². The number of carboxylic acid groups (broad SMARTS) is 1. The highest BCUT2D eigenvalue weighted by atomic mass is 16.4. The Morgan fingerprint density at radius 1 is 1.07 bits per heavy atom. The molecule has 0 spiro atoms. The number of phenols is 1. The van der Waals surface area contributed by atoms with Crippen LogP contribution in [0.2, 0.25) is 0 Å². The number of hydrogen-bond acceptors (Lipinski definition) is 5. The number of nitrogens with zero attached hydrogens (tertiary/aromatic N) is 1. The smallest absolute Gasteiger partial charge is 0.307 e. The number of rotatable bonds is 6. The molecule has 0 saturated carbocycles. The number of carboxylic acids is 1. The second-order valence-corrected chi connectivity index (χ2v) is 6.87. The van der Waals surface area contributed by atoms with Crippen LogP contribution in [0.4, 0.5) is 5.69 Å². The predicted molar refractivity (Wildman–Crippen MR) is 104 cm³/mol. The Labute approximate surface area is 166 Å². The van der Waals surface area contributed by atoms with Crippen molar-refractivity contribution >= 4 is 29.4 Å². The first-order chi connectivity index (χ1) is 13.7. The van der Waals surface area contributed by atoms with Crippen LogP contribution in [0, 0.1) is 0 Å². The predicted octanol–water partition coefficient (Wildman–Crippen LogP) is 2.67. The van der Waals surface area contributed by atoms with E-state index in [9.17, 15) is 24.3 Å². The van der Waals surface area contributed by atoms with E-state index in [-0.39, 0.29) is 46.5 Å². The van der Waals surface area contributed by atoms with E-state index in [2.05, 4.69) is 5.32 Å². The number of imide groups is 1. The summed E-state index contributed by atoms with van der Waals surface area (Å²) in [5, 5.41) is 21.4. The molecule has 1 aliphatic heterocycles. The third-order valence-electron chi connectivity index (χ3n) is 4.88. The van der Waals surface area contributed by atoms with Crippen molar-refractivity contribution in [3.05, 3.63) is 58.7 Å². The second-order valence-electron chi connectivity index (χ2n) is 6.87. The van der Waals surface area contributed by atoms with Crippen molar-refractivity contribution in [1.29, 1.82) is 0 Å². The van der Waals surface area contributed by atoms with E-state index in [0.717, 1.165) is 0 Å². The maximum Gasteiger partial charge on any atom is 0.307 e. The highest BCUT2D eigenvalue weighted by Gasteiger charge is 2.38. The molecular weight excluding hydrogens is 376 g/mol. The minimum absolute atomic E-state index is 0.0536. The van der Waals surface area contributed by atoms with Gasteiger partial charge in [-0.3, -0.25) is 24.1 Å². The minimum Gasteiger partial charge on any atom is -0.506 e. The first kappa shape index (κ1) is 20.1. The van der Waals surface area contributed by atoms with Crippen LogP contribution in [-0.2, 0) is 11.2 Å². The number of aliphatic carboxylic acids is 1. The van der Waals surface area contributed by atoms with E-state index in [0.29, 0.717) is 12.0 Å². The Kier molecular flexibility index (Phi) is 5.36. The van der Waals surface area contributed by atoms with Gasteiger partial charge in [-0.2, -0.15) is 0 Å². The Balaban J connectivity index is 1.86. The summed E-state index contributed by atoms with van der Waals surface area (Å²) < 4.78 is 0. The summed E-state index contributed by atoms with van der Waals surface area (Å²) in [5.41, 5.74) is 1.01. The van der Waals surface area contributed by atoms with Gasteiger partial charge >= 0.3 is 5.97 Å². The first-order valence-electron chi connectivity index (χ1n) is 9.10. The molecule has 29 heavy (non-hydrogen) atoms. The van der Waals surface area contributed by atoms with Gasteiger partial charge in [0.15, 0.2) is 0 Å². The van der Waals surface area contributed by atoms with Crippen molar-refractivity contribution in [3.63, 3.8) is 0 Å². The van der Waals surface area contributed by atoms with E-state index < -0.39 is 17.8 Å². The molecule has 1 heterocycles. The van der Waals surface area contributed by atoms with Gasteiger partial charge in [-0.1, -0.05) is 13.0 Å². The van der Waals surface area contributed by atoms with Crippen LogP contribution in [0.15, 0.2) is 36.4 Å². The van der Waals surface area contributed by atoms with Crippen molar-refractivity contribution in [2.24, 2.45) is 0 Å². The van der Waals surface area contributed by atoms with Gasteiger partial charge in [-0.15, -0.1) is 0 Å². The number of hydrogen-bond donors (Lipinski definition) is 3. The molecule has 0 saturated heterocycles. The zero-order valence-corrected chi connectivity index (χ0v) is 15.9. The van der Waals surface area contributed by atoms with E-state index >= 15 is 0 Å². The summed E-state index contributed by atoms with van der Waals surface area (Å²) in [6, 6.07) is 8.07. The maximum atomic E-state index is 12.6. The number of carbonyl (C=O) groups is 4. The lowest BCUT2D eigenvalue weighted by atomic mass is 10.0. The topological polar surface area (TPSA) is 124 Å². The molecule has 0 fully saturated rings. The van der Waals surface area contributed by atoms with Gasteiger partial charge in [-0.25, -0.2) is 0 Å². The first-order valence-corrected chi connectivity index (χ1v) is 9.10. The number of aromatic hydroxyl groups is 1. The van der Waals surface area contributed by atoms with Crippen LogP contribution in [0.25, 0.3) is 0 Å². The third kappa shape index (κ3) is 3.82. The number of amides is 3. The summed E-state index contributed by atoms with van der Waals surface area (Å²) in [7, 11) is 0. The Hall–Kier alpha value is -3.68. The standard InChI is InChI=1S/C21H20N2O6/c1-3-11(2)23-20(28)14-6-5-13(10-15(14)21(23)29)19(27)22-16-8-12(9-18(25)26)4-7-17(16)24/h4-8,10-11,24H,3,9H2,1-2H3,(H,22,27)(H,25,26). The van der Waals surface area contributed by atoms with Gasteiger partial charge in [0, 0.05) is 11.6 Å². The average Bonchev–Trinajstić information content (AvgIpc) is 2.93. The zero-order chi connectivity index (χ0) is 21.3. The van der Waals surface area contributed by atoms with Gasteiger partial charge in [-0.05, 0) is 49.2 Å². The fourth-order valence-electron chi connectivity index (χ4n) is 3.15. The van der Waals surface area contributed by atoms with Gasteiger partial charge in [0.1, 0.15) is 5.75 Å². The Morgan fingerprint density at radius 2 is 1.76 bits per heavy atom. The fourth-order valence-corrected chi connectivity index (χ4v) is 3.15. The molecule has 1 unspecified atom stereocenters. The molecule has 8 heteroatoms. The van der Waals surface area contributed by atoms with E-state index in [1.807, 2.05) is 6.92 Å². The number of phenolic OH excluding ortho intramolecular Hbond substituents is 1. The van der Waals surface area contributed by atoms with Crippen LogP contribution in [0.1, 0.15) is 56.9 Å². The lowest BCUT2D eigenvalue weighted by Crippen LogP contribution is -2.37. The molecule has 150 valence electrons. The van der Waals surface area contributed by atoms with Crippen molar-refractivity contribution < 1.29 is 29.4 Å². The molecule has 3 N–H and O–H groups in total. The maximum absolute atomic E-state index is 12.6. The third-order valence-corrected chi connectivity index (χ3v) is 4.88. The lowest BCUT2D eigenvalue weighted by molar-refractivity contribution is -0.136. The molecule has 0 aromatic heterocycles. The SMILES string of the molecule is CCC(C)N1C(=O)c2ccc(C(=O)Nc3cc(CC(=O)O)ccc3O)cc2C1=O. The summed E-state index contributed by atoms with van der Waals surface area (Å²) in [5.74, 6) is -2.69. The van der Waals surface area contributed by atoms with Crippen LogP contribution in [0.5, 0.6) is 5.75 Å². The van der Waals surface area contributed by atoms with E-state index in [1.165, 1.54) is 41.3 Å². The van der Waals surface area contributed by atoms with E-state index in [1.54, 1.807) is 6.92 Å². The quantitative estimate of drug-likeness (QED) is 0.509. The number of carbonyl (C=O) groups excluding carboxylic acids is 3. The van der Waals surface area contributed by atoms with Crippen LogP contribution in [-0.4, -0.2) is 44.8 Å². The zero-order valence-electron chi connectivity index (χ0n) is 15.9. The van der Waals surface area contributed by atoms with Gasteiger partial charge in [0.2, 0.25) is 0 Å². The van der Waals surface area contributed by atoms with Crippen molar-refractivity contribution in [3.8, 4) is 5.75 Å². The number of nitrogens with one attached hydrogen (secondary N) is 1. The molecular formula is C21H20N2O6. The molecule has 1 atom stereocenters. The minimum atomic E-state index is -1.04. The van der Waals surface area contributed by atoms with E-state index in [4.69, 9.17) is 5.11 Å². The summed E-state index contributed by atoms with van der Waals surface area (Å²) in [6.45, 7) is 3.65. The fraction of sp³-hybridized carbons (Fsp3) is 0.238. The van der Waals surface area contributed by atoms with Crippen molar-refractivity contribution in [2.45, 2.75) is 32.7 Å². The van der Waals surface area contributed by atoms with Crippen LogP contribution < -0.4 is 5.32 Å². The molecule has 3 amide bonds. The highest BCUT2D eigenvalue weighted by Crippen LogP contribution is 2.28. The molecule has 2 aromatic rings. The van der Waals surface area contributed by atoms with Gasteiger partial charge < -0.3 is 15.5 Å². The molecule has 3 rings (SSSR count). The summed E-state index contributed by atoms with van der Waals surface area (Å²) in [6.07, 6.45) is 0.356. The van der Waals surface area contributed by atoms with Crippen molar-refractivity contribution in [2.75, 3.05) is 5.32 Å². The molecule has 0 aliphatic carbocycles. The molecule has 0 radical (unpaired) electrons. The number of fused-ring (bicyclic) bond motifs is 1. The summed E-state index contributed by atoms with van der Waals surface area (Å²) in [4.78, 5) is 49.7. The number of benzene rings is 2. The summed E-state index contributed by atoms with van der Waals surface area (Å²) >= 11 is 0. The van der Waals surface area contributed by atoms with Crippen LogP contribution >= 0.6 is 0 Å². The monoisotopic (exact) mass is 396 g/mol. The Morgan fingerprint density at radius 3 is 2.41 bits per heavy atom. The second kappa shape index (κ2) is 7.75. The van der Waals surface area contributed by atoms with Gasteiger partial charge in [0.05, 0.1) is 23.2 Å². The largest absolute Gasteiger partial charge is 0.506 e. The molecule has 0 bridgehead atoms. The molecule has 8 nitrogen and oxygen atoms in total. The highest BCUT2D eigenvalue weighted by molar-refractivity contribution is 6.22. The van der Waals surface area contributed by atoms with Crippen LogP contribution in [0.3, 0.4) is 0 Å².